The number of H-pyrrole nitrogens is 1. The van der Waals surface area contributed by atoms with Gasteiger partial charge in [-0.1, -0.05) is 12.1 Å². The molecule has 1 fully saturated rings. The first-order chi connectivity index (χ1) is 12.4. The van der Waals surface area contributed by atoms with Gasteiger partial charge in [0.25, 0.3) is 5.91 Å². The van der Waals surface area contributed by atoms with Crippen LogP contribution >= 0.6 is 0 Å². The Hall–Kier alpha value is -2.74. The van der Waals surface area contributed by atoms with Gasteiger partial charge in [-0.15, -0.1) is 0 Å². The Kier molecular flexibility index (Phi) is 3.99. The van der Waals surface area contributed by atoms with Gasteiger partial charge in [0.1, 0.15) is 5.82 Å². The Morgan fingerprint density at radius 2 is 2.12 bits per heavy atom. The molecule has 8 heteroatoms. The molecule has 1 aliphatic heterocycles. The molecule has 1 saturated heterocycles. The number of aromatic nitrogens is 3. The third kappa shape index (κ3) is 3.32. The number of fused-ring (bicyclic) bond motifs is 1. The van der Waals surface area contributed by atoms with Gasteiger partial charge in [0, 0.05) is 23.4 Å². The lowest BCUT2D eigenvalue weighted by atomic mass is 10.0. The van der Waals surface area contributed by atoms with E-state index < -0.39 is 9.84 Å². The zero-order valence-corrected chi connectivity index (χ0v) is 15.0. The van der Waals surface area contributed by atoms with Crippen molar-refractivity contribution < 1.29 is 13.2 Å². The lowest BCUT2D eigenvalue weighted by Gasteiger charge is -2.11. The molecule has 3 aromatic rings. The number of nitrogens with one attached hydrogen (secondary N) is 2. The standard InChI is InChI=1S/C18H18N4O3S/c1-11-20-16-8-14(9-19-17(16)21-11)12-3-2-4-13(7-12)18(23)22-15-5-6-26(24,25)10-15/h2-4,7-9,15H,5-6,10H2,1H3,(H,22,23)(H,19,20,21)/t15-/m1/s1. The Morgan fingerprint density at radius 3 is 2.88 bits per heavy atom. The lowest BCUT2D eigenvalue weighted by Crippen LogP contribution is -2.35. The van der Waals surface area contributed by atoms with E-state index in [1.807, 2.05) is 19.1 Å². The summed E-state index contributed by atoms with van der Waals surface area (Å²) in [6.07, 6.45) is 2.19. The van der Waals surface area contributed by atoms with Gasteiger partial charge < -0.3 is 10.3 Å². The number of rotatable bonds is 3. The van der Waals surface area contributed by atoms with Crippen LogP contribution < -0.4 is 5.32 Å². The van der Waals surface area contributed by atoms with Crippen molar-refractivity contribution >= 4 is 26.9 Å². The minimum absolute atomic E-state index is 0.0121. The van der Waals surface area contributed by atoms with Crippen molar-refractivity contribution in [3.63, 3.8) is 0 Å². The second-order valence-corrected chi connectivity index (χ2v) is 8.80. The highest BCUT2D eigenvalue weighted by Crippen LogP contribution is 2.23. The first-order valence-electron chi connectivity index (χ1n) is 8.34. The SMILES string of the molecule is Cc1nc2ncc(-c3cccc(C(=O)N[C@@H]4CCS(=O)(=O)C4)c3)cc2[nH]1. The van der Waals surface area contributed by atoms with Crippen molar-refractivity contribution in [1.29, 1.82) is 0 Å². The van der Waals surface area contributed by atoms with Crippen molar-refractivity contribution in [3.05, 3.63) is 47.9 Å². The molecule has 1 amide bonds. The largest absolute Gasteiger partial charge is 0.348 e. The predicted octanol–water partition coefficient (Wildman–Crippen LogP) is 1.85. The van der Waals surface area contributed by atoms with E-state index in [1.165, 1.54) is 0 Å². The lowest BCUT2D eigenvalue weighted by molar-refractivity contribution is 0.0941. The van der Waals surface area contributed by atoms with Crippen LogP contribution in [0.1, 0.15) is 22.6 Å². The van der Waals surface area contributed by atoms with Crippen molar-refractivity contribution in [3.8, 4) is 11.1 Å². The summed E-state index contributed by atoms with van der Waals surface area (Å²) in [6, 6.07) is 8.84. The molecule has 26 heavy (non-hydrogen) atoms. The molecule has 2 N–H and O–H groups in total. The van der Waals surface area contributed by atoms with E-state index in [0.717, 1.165) is 22.5 Å². The summed E-state index contributed by atoms with van der Waals surface area (Å²) < 4.78 is 23.1. The third-order valence-corrected chi connectivity index (χ3v) is 6.25. The highest BCUT2D eigenvalue weighted by atomic mass is 32.2. The fraction of sp³-hybridized carbons (Fsp3) is 0.278. The second kappa shape index (κ2) is 6.21. The van der Waals surface area contributed by atoms with Crippen LogP contribution in [0.5, 0.6) is 0 Å². The molecule has 0 bridgehead atoms. The summed E-state index contributed by atoms with van der Waals surface area (Å²) in [7, 11) is -3.03. The Morgan fingerprint density at radius 1 is 1.27 bits per heavy atom. The summed E-state index contributed by atoms with van der Waals surface area (Å²) >= 11 is 0. The number of pyridine rings is 1. The maximum absolute atomic E-state index is 12.5. The van der Waals surface area contributed by atoms with Gasteiger partial charge >= 0.3 is 0 Å². The number of nitrogens with zero attached hydrogens (tertiary/aromatic N) is 2. The molecule has 0 radical (unpaired) electrons. The maximum atomic E-state index is 12.5. The number of benzene rings is 1. The first kappa shape index (κ1) is 16.7. The van der Waals surface area contributed by atoms with Crippen LogP contribution in [0, 0.1) is 6.92 Å². The van der Waals surface area contributed by atoms with Crippen molar-refractivity contribution in [2.24, 2.45) is 0 Å². The van der Waals surface area contributed by atoms with Crippen molar-refractivity contribution in [1.82, 2.24) is 20.3 Å². The Bertz CT molecular complexity index is 1100. The third-order valence-electron chi connectivity index (χ3n) is 4.48. The second-order valence-electron chi connectivity index (χ2n) is 6.57. The van der Waals surface area contributed by atoms with Crippen LogP contribution in [0.15, 0.2) is 36.5 Å². The summed E-state index contributed by atoms with van der Waals surface area (Å²) in [5, 5.41) is 2.81. The topological polar surface area (TPSA) is 105 Å². The average molecular weight is 370 g/mol. The number of imidazole rings is 1. The summed E-state index contributed by atoms with van der Waals surface area (Å²) in [6.45, 7) is 1.87. The van der Waals surface area contributed by atoms with Crippen LogP contribution in [-0.2, 0) is 9.84 Å². The number of carbonyl (C=O) groups is 1. The molecular formula is C18H18N4O3S. The number of amides is 1. The molecule has 4 rings (SSSR count). The van der Waals surface area contributed by atoms with Gasteiger partial charge in [-0.25, -0.2) is 18.4 Å². The summed E-state index contributed by atoms with van der Waals surface area (Å²) in [5.74, 6) is 0.676. The normalized spacial score (nSPS) is 18.9. The Labute approximate surface area is 150 Å². The molecule has 1 atom stereocenters. The molecule has 0 unspecified atom stereocenters. The van der Waals surface area contributed by atoms with Crippen LogP contribution in [0.3, 0.4) is 0 Å². The average Bonchev–Trinajstić information content (AvgIpc) is 3.14. The first-order valence-corrected chi connectivity index (χ1v) is 10.2. The van der Waals surface area contributed by atoms with Gasteiger partial charge in [-0.05, 0) is 37.1 Å². The van der Waals surface area contributed by atoms with Gasteiger partial charge in [0.2, 0.25) is 0 Å². The zero-order chi connectivity index (χ0) is 18.3. The zero-order valence-electron chi connectivity index (χ0n) is 14.2. The van der Waals surface area contributed by atoms with E-state index in [4.69, 9.17) is 0 Å². The highest BCUT2D eigenvalue weighted by Gasteiger charge is 2.29. The van der Waals surface area contributed by atoms with E-state index in [0.29, 0.717) is 17.6 Å². The molecule has 0 spiro atoms. The summed E-state index contributed by atoms with van der Waals surface area (Å²) in [4.78, 5) is 24.3. The number of carbonyl (C=O) groups excluding carboxylic acids is 1. The van der Waals surface area contributed by atoms with Crippen LogP contribution in [0.4, 0.5) is 0 Å². The monoisotopic (exact) mass is 370 g/mol. The molecule has 1 aromatic carbocycles. The molecule has 3 heterocycles. The molecule has 2 aromatic heterocycles. The number of sulfone groups is 1. The number of aromatic amines is 1. The van der Waals surface area contributed by atoms with Crippen LogP contribution in [-0.4, -0.2) is 46.8 Å². The van der Waals surface area contributed by atoms with Gasteiger partial charge in [-0.2, -0.15) is 0 Å². The van der Waals surface area contributed by atoms with E-state index in [1.54, 1.807) is 24.4 Å². The number of hydrogen-bond acceptors (Lipinski definition) is 5. The smallest absolute Gasteiger partial charge is 0.251 e. The van der Waals surface area contributed by atoms with Gasteiger partial charge in [0.05, 0.1) is 17.0 Å². The van der Waals surface area contributed by atoms with E-state index in [9.17, 15) is 13.2 Å². The van der Waals surface area contributed by atoms with Crippen molar-refractivity contribution in [2.45, 2.75) is 19.4 Å². The highest BCUT2D eigenvalue weighted by molar-refractivity contribution is 7.91. The molecule has 7 nitrogen and oxygen atoms in total. The fourth-order valence-electron chi connectivity index (χ4n) is 3.20. The minimum atomic E-state index is -3.03. The van der Waals surface area contributed by atoms with Crippen LogP contribution in [0.25, 0.3) is 22.3 Å². The summed E-state index contributed by atoms with van der Waals surface area (Å²) in [5.41, 5.74) is 3.72. The predicted molar refractivity (Wildman–Crippen MR) is 98.6 cm³/mol. The molecule has 0 saturated carbocycles. The molecule has 1 aliphatic rings. The van der Waals surface area contributed by atoms with E-state index in [-0.39, 0.29) is 23.5 Å². The molecular weight excluding hydrogens is 352 g/mol. The van der Waals surface area contributed by atoms with E-state index in [2.05, 4.69) is 20.3 Å². The minimum Gasteiger partial charge on any atom is -0.348 e. The number of hydrogen-bond donors (Lipinski definition) is 2. The van der Waals surface area contributed by atoms with Crippen molar-refractivity contribution in [2.75, 3.05) is 11.5 Å². The maximum Gasteiger partial charge on any atom is 0.251 e. The number of aryl methyl sites for hydroxylation is 1. The van der Waals surface area contributed by atoms with Gasteiger partial charge in [0.15, 0.2) is 15.5 Å². The fourth-order valence-corrected chi connectivity index (χ4v) is 4.87. The Balaban J connectivity index is 1.58. The quantitative estimate of drug-likeness (QED) is 0.732. The molecule has 0 aliphatic carbocycles. The van der Waals surface area contributed by atoms with Crippen LogP contribution in [0.2, 0.25) is 0 Å². The van der Waals surface area contributed by atoms with E-state index >= 15 is 0 Å². The van der Waals surface area contributed by atoms with Gasteiger partial charge in [-0.3, -0.25) is 4.79 Å². The molecule has 134 valence electrons.